The van der Waals surface area contributed by atoms with E-state index in [1.807, 2.05) is 0 Å². The van der Waals surface area contributed by atoms with E-state index in [9.17, 15) is 22.8 Å². The van der Waals surface area contributed by atoms with E-state index < -0.39 is 23.7 Å². The predicted octanol–water partition coefficient (Wildman–Crippen LogP) is 2.77. The van der Waals surface area contributed by atoms with E-state index in [4.69, 9.17) is 9.47 Å². The fourth-order valence-corrected chi connectivity index (χ4v) is 4.56. The molecule has 2 aliphatic heterocycles. The molecule has 168 valence electrons. The van der Waals surface area contributed by atoms with Gasteiger partial charge >= 0.3 is 12.3 Å². The fourth-order valence-electron chi connectivity index (χ4n) is 3.54. The summed E-state index contributed by atoms with van der Waals surface area (Å²) in [7, 11) is 1.42. The molecule has 2 saturated heterocycles. The Morgan fingerprint density at radius 3 is 2.58 bits per heavy atom. The third kappa shape index (κ3) is 4.54. The number of anilines is 1. The molecule has 0 aliphatic carbocycles. The van der Waals surface area contributed by atoms with Gasteiger partial charge in [0.15, 0.2) is 0 Å². The molecule has 0 unspecified atom stereocenters. The van der Waals surface area contributed by atoms with E-state index in [0.717, 1.165) is 17.4 Å². The minimum absolute atomic E-state index is 0.0367. The van der Waals surface area contributed by atoms with Crippen molar-refractivity contribution in [3.8, 4) is 0 Å². The highest BCUT2D eigenvalue weighted by Crippen LogP contribution is 2.40. The minimum Gasteiger partial charge on any atom is -0.446 e. The molecule has 4 rings (SSSR count). The number of thiophene rings is 1. The molecule has 0 aromatic carbocycles. The first-order chi connectivity index (χ1) is 14.8. The van der Waals surface area contributed by atoms with Crippen LogP contribution < -0.4 is 15.5 Å². The number of halogens is 3. The zero-order valence-corrected chi connectivity index (χ0v) is 17.4. The number of ether oxygens (including phenoxy) is 2. The number of nitrogens with one attached hydrogen (secondary N) is 2. The van der Waals surface area contributed by atoms with Gasteiger partial charge in [0.1, 0.15) is 11.9 Å². The van der Waals surface area contributed by atoms with Crippen molar-refractivity contribution >= 4 is 39.4 Å². The first kappa shape index (κ1) is 21.6. The topological polar surface area (TPSA) is 92.8 Å². The first-order valence-electron chi connectivity index (χ1n) is 9.77. The molecule has 31 heavy (non-hydrogen) atoms. The Morgan fingerprint density at radius 1 is 1.29 bits per heavy atom. The lowest BCUT2D eigenvalue weighted by Gasteiger charge is -2.33. The molecule has 4 heterocycles. The maximum Gasteiger partial charge on any atom is 0.417 e. The summed E-state index contributed by atoms with van der Waals surface area (Å²) >= 11 is 0.850. The van der Waals surface area contributed by atoms with Crippen molar-refractivity contribution in [1.29, 1.82) is 0 Å². The predicted molar refractivity (Wildman–Crippen MR) is 107 cm³/mol. The van der Waals surface area contributed by atoms with Crippen LogP contribution in [0.2, 0.25) is 0 Å². The minimum atomic E-state index is -4.58. The molecule has 2 aromatic rings. The molecular weight excluding hydrogens is 437 g/mol. The second-order valence-electron chi connectivity index (χ2n) is 7.40. The number of nitrogens with zero attached hydrogens (tertiary/aromatic N) is 2. The zero-order chi connectivity index (χ0) is 22.2. The van der Waals surface area contributed by atoms with E-state index in [1.165, 1.54) is 12.4 Å². The Kier molecular flexibility index (Phi) is 5.93. The van der Waals surface area contributed by atoms with Gasteiger partial charge in [-0.2, -0.15) is 13.2 Å². The number of alkyl carbamates (subject to hydrolysis) is 1. The van der Waals surface area contributed by atoms with Crippen LogP contribution in [0.5, 0.6) is 0 Å². The van der Waals surface area contributed by atoms with E-state index in [2.05, 4.69) is 15.6 Å². The zero-order valence-electron chi connectivity index (χ0n) is 16.6. The lowest BCUT2D eigenvalue weighted by Crippen LogP contribution is -2.50. The Hall–Kier alpha value is -2.60. The number of aromatic nitrogens is 1. The third-order valence-corrected chi connectivity index (χ3v) is 6.29. The second-order valence-corrected chi connectivity index (χ2v) is 8.28. The van der Waals surface area contributed by atoms with Crippen LogP contribution in [0, 0.1) is 0 Å². The Bertz CT molecular complexity index is 984. The van der Waals surface area contributed by atoms with Crippen molar-refractivity contribution < 1.29 is 32.2 Å². The maximum atomic E-state index is 13.7. The van der Waals surface area contributed by atoms with Crippen molar-refractivity contribution in [3.05, 3.63) is 22.6 Å². The molecule has 0 radical (unpaired) electrons. The average Bonchev–Trinajstić information content (AvgIpc) is 3.13. The number of carbonyl (C=O) groups is 2. The highest BCUT2D eigenvalue weighted by molar-refractivity contribution is 7.17. The summed E-state index contributed by atoms with van der Waals surface area (Å²) in [6.45, 7) is 1.67. The number of hydrogen-bond acceptors (Lipinski definition) is 7. The highest BCUT2D eigenvalue weighted by Gasteiger charge is 2.36. The van der Waals surface area contributed by atoms with Gasteiger partial charge in [0.05, 0.1) is 40.6 Å². The third-order valence-electron chi connectivity index (χ3n) is 5.29. The summed E-state index contributed by atoms with van der Waals surface area (Å²) in [5.74, 6) is -0.336. The van der Waals surface area contributed by atoms with E-state index in [0.29, 0.717) is 39.1 Å². The van der Waals surface area contributed by atoms with Crippen molar-refractivity contribution in [2.45, 2.75) is 31.2 Å². The summed E-state index contributed by atoms with van der Waals surface area (Å²) in [6.07, 6.45) is -4.50. The van der Waals surface area contributed by atoms with Gasteiger partial charge in [0.2, 0.25) is 0 Å². The van der Waals surface area contributed by atoms with Crippen molar-refractivity contribution in [3.63, 3.8) is 0 Å². The quantitative estimate of drug-likeness (QED) is 0.732. The number of fused-ring (bicyclic) bond motifs is 1. The maximum absolute atomic E-state index is 13.7. The number of amides is 2. The van der Waals surface area contributed by atoms with Gasteiger partial charge in [-0.15, -0.1) is 11.3 Å². The van der Waals surface area contributed by atoms with E-state index in [1.54, 1.807) is 4.90 Å². The van der Waals surface area contributed by atoms with Crippen molar-refractivity contribution in [2.24, 2.45) is 0 Å². The number of rotatable bonds is 4. The van der Waals surface area contributed by atoms with Gasteiger partial charge in [-0.1, -0.05) is 0 Å². The van der Waals surface area contributed by atoms with Gasteiger partial charge in [-0.25, -0.2) is 9.78 Å². The van der Waals surface area contributed by atoms with Crippen LogP contribution in [0.4, 0.5) is 23.8 Å². The summed E-state index contributed by atoms with van der Waals surface area (Å²) < 4.78 is 51.4. The molecule has 8 nitrogen and oxygen atoms in total. The molecule has 12 heteroatoms. The molecule has 0 atom stereocenters. The summed E-state index contributed by atoms with van der Waals surface area (Å²) in [6, 6.07) is 0.987. The van der Waals surface area contributed by atoms with Gasteiger partial charge in [0.25, 0.3) is 5.91 Å². The second kappa shape index (κ2) is 8.50. The molecule has 2 N–H and O–H groups in total. The summed E-state index contributed by atoms with van der Waals surface area (Å²) in [5.41, 5.74) is -0.660. The van der Waals surface area contributed by atoms with Crippen LogP contribution in [-0.4, -0.2) is 62.5 Å². The average molecular weight is 458 g/mol. The number of piperidine rings is 1. The van der Waals surface area contributed by atoms with Gasteiger partial charge < -0.3 is 25.0 Å². The standard InChI is InChI=1S/C19H21F3N4O4S/c1-23-17(27)12-9-31-16-13(19(20,21)22)6-14(25-15(12)16)26-4-2-11(3-5-26)30-18(28)24-10-7-29-8-10/h6,9-11H,2-5,7-8H2,1H3,(H,23,27)(H,24,28). The lowest BCUT2D eigenvalue weighted by molar-refractivity contribution is -0.136. The molecule has 2 aliphatic rings. The Morgan fingerprint density at radius 2 is 2.00 bits per heavy atom. The van der Waals surface area contributed by atoms with Crippen molar-refractivity contribution in [2.75, 3.05) is 38.3 Å². The summed E-state index contributed by atoms with van der Waals surface area (Å²) in [4.78, 5) is 30.1. The van der Waals surface area contributed by atoms with Crippen LogP contribution >= 0.6 is 11.3 Å². The molecule has 2 fully saturated rings. The summed E-state index contributed by atoms with van der Waals surface area (Å²) in [5, 5.41) is 6.52. The first-order valence-corrected chi connectivity index (χ1v) is 10.7. The SMILES string of the molecule is CNC(=O)c1csc2c(C(F)(F)F)cc(N3CCC(OC(=O)NC4COC4)CC3)nc12. The van der Waals surface area contributed by atoms with E-state index >= 15 is 0 Å². The monoisotopic (exact) mass is 458 g/mol. The number of pyridine rings is 1. The van der Waals surface area contributed by atoms with Crippen LogP contribution in [0.3, 0.4) is 0 Å². The van der Waals surface area contributed by atoms with Crippen LogP contribution in [0.1, 0.15) is 28.8 Å². The largest absolute Gasteiger partial charge is 0.446 e. The molecule has 0 bridgehead atoms. The molecular formula is C19H21F3N4O4S. The van der Waals surface area contributed by atoms with Gasteiger partial charge in [-0.3, -0.25) is 4.79 Å². The van der Waals surface area contributed by atoms with Gasteiger partial charge in [0, 0.05) is 38.4 Å². The molecule has 2 amide bonds. The number of carbonyl (C=O) groups excluding carboxylic acids is 2. The number of alkyl halides is 3. The Labute approximate surface area is 179 Å². The van der Waals surface area contributed by atoms with Gasteiger partial charge in [-0.05, 0) is 6.07 Å². The molecule has 0 spiro atoms. The Balaban J connectivity index is 1.51. The van der Waals surface area contributed by atoms with E-state index in [-0.39, 0.29) is 33.7 Å². The van der Waals surface area contributed by atoms with Crippen LogP contribution in [0.25, 0.3) is 10.2 Å². The molecule has 0 saturated carbocycles. The highest BCUT2D eigenvalue weighted by atomic mass is 32.1. The van der Waals surface area contributed by atoms with Crippen LogP contribution in [-0.2, 0) is 15.7 Å². The smallest absolute Gasteiger partial charge is 0.417 e. The van der Waals surface area contributed by atoms with Crippen molar-refractivity contribution in [1.82, 2.24) is 15.6 Å². The van der Waals surface area contributed by atoms with Crippen LogP contribution in [0.15, 0.2) is 11.4 Å². The fraction of sp³-hybridized carbons (Fsp3) is 0.526. The normalized spacial score (nSPS) is 18.0. The number of hydrogen-bond donors (Lipinski definition) is 2. The lowest BCUT2D eigenvalue weighted by atomic mass is 10.1. The molecule has 2 aromatic heterocycles.